The van der Waals surface area contributed by atoms with Crippen LogP contribution < -0.4 is 5.32 Å². The SMILES string of the molecule is CC(=O)O[C@@H](C)/C=C\C(=O)N[C@@H]1CC[C@H](C/C=C(C)/C=C/[C@H]2OC(C)(C)C[C@@]3(CO3)[C@@H]2O)O[C@@H]1C. The number of carbonyl (C=O) groups is 2. The van der Waals surface area contributed by atoms with Crippen LogP contribution in [-0.2, 0) is 28.5 Å². The Kier molecular flexibility index (Phi) is 8.96. The fourth-order valence-electron chi connectivity index (χ4n) is 4.93. The van der Waals surface area contributed by atoms with Crippen LogP contribution in [0.15, 0.2) is 36.0 Å². The van der Waals surface area contributed by atoms with Gasteiger partial charge in [-0.3, -0.25) is 9.59 Å². The van der Waals surface area contributed by atoms with Crippen LogP contribution in [0.3, 0.4) is 0 Å². The lowest BCUT2D eigenvalue weighted by Gasteiger charge is -2.41. The van der Waals surface area contributed by atoms with E-state index >= 15 is 0 Å². The predicted molar refractivity (Wildman–Crippen MR) is 132 cm³/mol. The molecule has 3 rings (SSSR count). The smallest absolute Gasteiger partial charge is 0.303 e. The monoisotopic (exact) mass is 491 g/mol. The van der Waals surface area contributed by atoms with Gasteiger partial charge in [-0.25, -0.2) is 0 Å². The Balaban J connectivity index is 1.44. The van der Waals surface area contributed by atoms with Gasteiger partial charge in [0.2, 0.25) is 5.91 Å². The Bertz CT molecular complexity index is 858. The topological polar surface area (TPSA) is 107 Å². The summed E-state index contributed by atoms with van der Waals surface area (Å²) >= 11 is 0. The number of amides is 1. The second kappa shape index (κ2) is 11.4. The third-order valence-corrected chi connectivity index (χ3v) is 6.77. The van der Waals surface area contributed by atoms with Gasteiger partial charge in [0.25, 0.3) is 0 Å². The molecule has 3 heterocycles. The summed E-state index contributed by atoms with van der Waals surface area (Å²) in [6.07, 6.45) is 10.6. The lowest BCUT2D eigenvalue weighted by atomic mass is 9.83. The van der Waals surface area contributed by atoms with E-state index in [1.807, 2.05) is 39.8 Å². The van der Waals surface area contributed by atoms with Gasteiger partial charge < -0.3 is 29.4 Å². The normalized spacial score (nSPS) is 35.9. The van der Waals surface area contributed by atoms with Gasteiger partial charge in [-0.2, -0.15) is 0 Å². The van der Waals surface area contributed by atoms with Crippen molar-refractivity contribution in [1.82, 2.24) is 5.32 Å². The summed E-state index contributed by atoms with van der Waals surface area (Å²) in [5, 5.41) is 13.6. The first-order valence-corrected chi connectivity index (χ1v) is 12.6. The van der Waals surface area contributed by atoms with Gasteiger partial charge in [0.1, 0.15) is 23.9 Å². The summed E-state index contributed by atoms with van der Waals surface area (Å²) < 4.78 is 22.8. The van der Waals surface area contributed by atoms with E-state index in [1.165, 1.54) is 13.0 Å². The van der Waals surface area contributed by atoms with Crippen LogP contribution in [0.2, 0.25) is 0 Å². The minimum absolute atomic E-state index is 0.0670. The van der Waals surface area contributed by atoms with Gasteiger partial charge in [-0.1, -0.05) is 23.8 Å². The highest BCUT2D eigenvalue weighted by Crippen LogP contribution is 2.46. The summed E-state index contributed by atoms with van der Waals surface area (Å²) in [6.45, 7) is 11.7. The van der Waals surface area contributed by atoms with Crippen molar-refractivity contribution in [2.45, 2.75) is 115 Å². The quantitative estimate of drug-likeness (QED) is 0.232. The molecule has 0 saturated carbocycles. The summed E-state index contributed by atoms with van der Waals surface area (Å²) in [5.74, 6) is -0.606. The zero-order chi connectivity index (χ0) is 25.8. The van der Waals surface area contributed by atoms with Crippen LogP contribution >= 0.6 is 0 Å². The van der Waals surface area contributed by atoms with E-state index in [0.29, 0.717) is 13.0 Å². The largest absolute Gasteiger partial charge is 0.459 e. The number of hydrogen-bond acceptors (Lipinski definition) is 7. The van der Waals surface area contributed by atoms with E-state index in [4.69, 9.17) is 18.9 Å². The van der Waals surface area contributed by atoms with Crippen molar-refractivity contribution in [3.05, 3.63) is 36.0 Å². The fraction of sp³-hybridized carbons (Fsp3) is 0.704. The molecule has 2 N–H and O–H groups in total. The molecule has 3 saturated heterocycles. The van der Waals surface area contributed by atoms with Crippen LogP contribution in [0.25, 0.3) is 0 Å². The second-order valence-corrected chi connectivity index (χ2v) is 10.7. The third kappa shape index (κ3) is 8.00. The first-order chi connectivity index (χ1) is 16.4. The molecule has 3 aliphatic rings. The molecule has 0 aliphatic carbocycles. The number of aliphatic hydroxyl groups is 1. The molecule has 1 spiro atoms. The van der Waals surface area contributed by atoms with Gasteiger partial charge in [-0.05, 0) is 60.0 Å². The van der Waals surface area contributed by atoms with E-state index in [2.05, 4.69) is 11.4 Å². The molecular formula is C27H41NO7. The molecule has 3 aliphatic heterocycles. The van der Waals surface area contributed by atoms with Gasteiger partial charge in [-0.15, -0.1) is 0 Å². The number of allylic oxidation sites excluding steroid dienone is 2. The molecule has 0 unspecified atom stereocenters. The lowest BCUT2D eigenvalue weighted by molar-refractivity contribution is -0.171. The van der Waals surface area contributed by atoms with E-state index in [9.17, 15) is 14.7 Å². The van der Waals surface area contributed by atoms with Crippen molar-refractivity contribution in [3.8, 4) is 0 Å². The predicted octanol–water partition coefficient (Wildman–Crippen LogP) is 3.14. The van der Waals surface area contributed by atoms with Crippen LogP contribution in [0.5, 0.6) is 0 Å². The molecule has 196 valence electrons. The van der Waals surface area contributed by atoms with E-state index in [0.717, 1.165) is 24.8 Å². The Morgan fingerprint density at radius 3 is 2.57 bits per heavy atom. The second-order valence-electron chi connectivity index (χ2n) is 10.7. The van der Waals surface area contributed by atoms with Crippen molar-refractivity contribution in [2.24, 2.45) is 0 Å². The Morgan fingerprint density at radius 1 is 1.23 bits per heavy atom. The minimum Gasteiger partial charge on any atom is -0.459 e. The van der Waals surface area contributed by atoms with Crippen molar-refractivity contribution < 1.29 is 33.6 Å². The summed E-state index contributed by atoms with van der Waals surface area (Å²) in [4.78, 5) is 23.2. The number of hydrogen-bond donors (Lipinski definition) is 2. The molecule has 3 fully saturated rings. The van der Waals surface area contributed by atoms with Crippen LogP contribution in [0, 0.1) is 0 Å². The average Bonchev–Trinajstić information content (AvgIpc) is 3.53. The maximum absolute atomic E-state index is 12.2. The fourth-order valence-corrected chi connectivity index (χ4v) is 4.93. The minimum atomic E-state index is -0.658. The maximum Gasteiger partial charge on any atom is 0.303 e. The van der Waals surface area contributed by atoms with E-state index in [1.54, 1.807) is 13.0 Å². The highest BCUT2D eigenvalue weighted by atomic mass is 16.6. The van der Waals surface area contributed by atoms with E-state index < -0.39 is 23.9 Å². The standard InChI is InChI=1S/C27H41NO7/c1-17(8-13-23-25(31)27(16-32-27)15-26(5,6)35-23)7-10-21-11-12-22(19(3)34-21)28-24(30)14-9-18(2)33-20(4)29/h7-9,13-14,18-19,21-23,25,31H,10-12,15-16H2,1-6H3,(H,28,30)/b13-8+,14-9-,17-7+/t18-,19+,21-,22+,23+,25+,27+/m0/s1. The summed E-state index contributed by atoms with van der Waals surface area (Å²) in [7, 11) is 0. The summed E-state index contributed by atoms with van der Waals surface area (Å²) in [6, 6.07) is -0.0670. The maximum atomic E-state index is 12.2. The number of rotatable bonds is 8. The van der Waals surface area contributed by atoms with Gasteiger partial charge in [0, 0.05) is 19.4 Å². The number of ether oxygens (including phenoxy) is 4. The average molecular weight is 492 g/mol. The summed E-state index contributed by atoms with van der Waals surface area (Å²) in [5.41, 5.74) is 0.285. The Labute approximate surface area is 208 Å². The highest BCUT2D eigenvalue weighted by Gasteiger charge is 2.60. The number of carbonyl (C=O) groups excluding carboxylic acids is 2. The molecule has 7 atom stereocenters. The Morgan fingerprint density at radius 2 is 1.94 bits per heavy atom. The van der Waals surface area contributed by atoms with Crippen molar-refractivity contribution in [2.75, 3.05) is 6.61 Å². The number of esters is 1. The molecule has 0 aromatic rings. The molecule has 0 aromatic carbocycles. The molecule has 8 nitrogen and oxygen atoms in total. The highest BCUT2D eigenvalue weighted by molar-refractivity contribution is 5.87. The van der Waals surface area contributed by atoms with Crippen molar-refractivity contribution in [1.29, 1.82) is 0 Å². The van der Waals surface area contributed by atoms with Gasteiger partial charge in [0.15, 0.2) is 0 Å². The molecule has 1 amide bonds. The van der Waals surface area contributed by atoms with Crippen LogP contribution in [0.1, 0.15) is 67.2 Å². The van der Waals surface area contributed by atoms with Crippen LogP contribution in [-0.4, -0.2) is 71.4 Å². The molecule has 8 heteroatoms. The first kappa shape index (κ1) is 27.6. The Hall–Kier alpha value is -2.00. The molecule has 0 radical (unpaired) electrons. The molecule has 35 heavy (non-hydrogen) atoms. The number of epoxide rings is 1. The lowest BCUT2D eigenvalue weighted by Crippen LogP contribution is -2.53. The zero-order valence-corrected chi connectivity index (χ0v) is 21.8. The van der Waals surface area contributed by atoms with Gasteiger partial charge in [0.05, 0.1) is 30.5 Å². The molecular weight excluding hydrogens is 450 g/mol. The van der Waals surface area contributed by atoms with Crippen LogP contribution in [0.4, 0.5) is 0 Å². The number of aliphatic hydroxyl groups excluding tert-OH is 1. The van der Waals surface area contributed by atoms with Crippen molar-refractivity contribution >= 4 is 11.9 Å². The first-order valence-electron chi connectivity index (χ1n) is 12.6. The molecule has 0 aromatic heterocycles. The zero-order valence-electron chi connectivity index (χ0n) is 21.8. The number of nitrogens with one attached hydrogen (secondary N) is 1. The van der Waals surface area contributed by atoms with Gasteiger partial charge >= 0.3 is 5.97 Å². The van der Waals surface area contributed by atoms with Crippen molar-refractivity contribution in [3.63, 3.8) is 0 Å². The van der Waals surface area contributed by atoms with E-state index in [-0.39, 0.29) is 35.7 Å². The third-order valence-electron chi connectivity index (χ3n) is 6.77. The molecule has 0 bridgehead atoms.